The summed E-state index contributed by atoms with van der Waals surface area (Å²) in [6, 6.07) is 0. The van der Waals surface area contributed by atoms with Crippen molar-refractivity contribution in [2.24, 2.45) is 62.6 Å². The van der Waals surface area contributed by atoms with Crippen LogP contribution in [-0.2, 0) is 19.1 Å². The molecule has 9 heteroatoms. The Kier molecular flexibility index (Phi) is 8.03. The van der Waals surface area contributed by atoms with E-state index < -0.39 is 65.0 Å². The first-order chi connectivity index (χ1) is 21.3. The Morgan fingerprint density at radius 1 is 0.717 bits per heavy atom. The minimum Gasteiger partial charge on any atom is -0.481 e. The SMILES string of the molecule is C=C(C)[C@@H]1CC[C@]2(C(=O)O)CC[C@]3(C)C(CCC4[C@@]5(C)CC[C@H](C(=O)[C@@H]6OC(C(=O)O)[C@@H](O)C(O)C6O)C(C)(C)C5CC[C@]43C)C12. The first-order valence-corrected chi connectivity index (χ1v) is 17.6. The Morgan fingerprint density at radius 2 is 1.37 bits per heavy atom. The summed E-state index contributed by atoms with van der Waals surface area (Å²) in [6.45, 7) is 18.0. The predicted molar refractivity (Wildman–Crippen MR) is 169 cm³/mol. The van der Waals surface area contributed by atoms with Gasteiger partial charge in [0.1, 0.15) is 24.4 Å². The summed E-state index contributed by atoms with van der Waals surface area (Å²) in [5.41, 5.74) is -0.0729. The van der Waals surface area contributed by atoms with Crippen molar-refractivity contribution >= 4 is 17.7 Å². The van der Waals surface area contributed by atoms with Gasteiger partial charge >= 0.3 is 11.9 Å². The van der Waals surface area contributed by atoms with Gasteiger partial charge in [-0.25, -0.2) is 4.79 Å². The second-order valence-corrected chi connectivity index (χ2v) is 17.7. The Bertz CT molecular complexity index is 1310. The molecule has 7 unspecified atom stereocenters. The van der Waals surface area contributed by atoms with Crippen LogP contribution in [0.1, 0.15) is 106 Å². The Hall–Kier alpha value is -1.81. The Morgan fingerprint density at radius 3 is 1.98 bits per heavy atom. The fourth-order valence-electron chi connectivity index (χ4n) is 13.5. The number of carboxylic acid groups (broad SMARTS) is 2. The van der Waals surface area contributed by atoms with Crippen LogP contribution < -0.4 is 0 Å². The fourth-order valence-corrected chi connectivity index (χ4v) is 13.5. The van der Waals surface area contributed by atoms with Gasteiger partial charge in [-0.2, -0.15) is 0 Å². The van der Waals surface area contributed by atoms with Crippen molar-refractivity contribution < 1.29 is 44.7 Å². The average Bonchev–Trinajstić information content (AvgIpc) is 3.37. The lowest BCUT2D eigenvalue weighted by molar-refractivity contribution is -0.247. The van der Waals surface area contributed by atoms with Gasteiger partial charge < -0.3 is 30.3 Å². The third-order valence-corrected chi connectivity index (χ3v) is 16.0. The van der Waals surface area contributed by atoms with Crippen molar-refractivity contribution in [2.75, 3.05) is 0 Å². The molecule has 0 spiro atoms. The molecule has 5 saturated carbocycles. The van der Waals surface area contributed by atoms with Gasteiger partial charge in [0, 0.05) is 5.92 Å². The number of aliphatic hydroxyl groups is 3. The van der Waals surface area contributed by atoms with Crippen LogP contribution in [0.5, 0.6) is 0 Å². The van der Waals surface area contributed by atoms with Crippen molar-refractivity contribution in [1.29, 1.82) is 0 Å². The van der Waals surface area contributed by atoms with Gasteiger partial charge in [-0.1, -0.05) is 46.8 Å². The standard InChI is InChI=1S/C37H56O9/c1-18(2)19-10-15-37(32(44)45)17-16-35(6)20(24(19)37)8-9-23-34(5)13-11-21(33(3,4)22(34)12-14-36(23,35)7)25(38)29-27(40)26(39)28(41)30(46-29)31(42)43/h19-24,26-30,39-41H,1,8-17H2,2-7H3,(H,42,43)(H,44,45)/t19-,20?,21+,22?,23?,24?,26?,27?,28-,29-,30?,34-,35+,36+,37-/m0/s1. The molecule has 258 valence electrons. The summed E-state index contributed by atoms with van der Waals surface area (Å²) in [6.07, 6.45) is -0.0559. The second kappa shape index (κ2) is 10.8. The van der Waals surface area contributed by atoms with Crippen LogP contribution in [-0.4, -0.2) is 73.8 Å². The minimum absolute atomic E-state index is 0.00870. The highest BCUT2D eigenvalue weighted by Gasteiger charge is 2.72. The van der Waals surface area contributed by atoms with Crippen LogP contribution in [0, 0.1) is 62.6 Å². The molecule has 1 saturated heterocycles. The normalized spacial score (nSPS) is 52.8. The molecule has 0 radical (unpaired) electrons. The second-order valence-electron chi connectivity index (χ2n) is 17.7. The zero-order chi connectivity index (χ0) is 33.9. The lowest BCUT2D eigenvalue weighted by Gasteiger charge is -2.73. The first-order valence-electron chi connectivity index (χ1n) is 17.6. The minimum atomic E-state index is -1.83. The third kappa shape index (κ3) is 4.29. The number of carbonyl (C=O) groups excluding carboxylic acids is 1. The molecule has 15 atom stereocenters. The number of aliphatic hydroxyl groups excluding tert-OH is 3. The molecule has 9 nitrogen and oxygen atoms in total. The summed E-state index contributed by atoms with van der Waals surface area (Å²) in [4.78, 5) is 38.8. The molecule has 1 heterocycles. The summed E-state index contributed by atoms with van der Waals surface area (Å²) >= 11 is 0. The van der Waals surface area contributed by atoms with E-state index in [0.29, 0.717) is 18.3 Å². The van der Waals surface area contributed by atoms with E-state index in [1.165, 1.54) is 0 Å². The molecule has 0 aromatic rings. The number of Topliss-reactive ketones (excluding diaryl/α,β-unsaturated/α-hetero) is 1. The first kappa shape index (κ1) is 34.1. The van der Waals surface area contributed by atoms with Gasteiger partial charge in [0.15, 0.2) is 11.9 Å². The molecule has 6 rings (SSSR count). The smallest absolute Gasteiger partial charge is 0.335 e. The van der Waals surface area contributed by atoms with Gasteiger partial charge in [0.2, 0.25) is 0 Å². The zero-order valence-corrected chi connectivity index (χ0v) is 28.5. The van der Waals surface area contributed by atoms with Gasteiger partial charge in [-0.15, -0.1) is 0 Å². The highest BCUT2D eigenvalue weighted by atomic mass is 16.6. The number of carboxylic acids is 2. The van der Waals surface area contributed by atoms with Crippen LogP contribution in [0.4, 0.5) is 0 Å². The highest BCUT2D eigenvalue weighted by molar-refractivity contribution is 5.88. The van der Waals surface area contributed by atoms with Crippen LogP contribution >= 0.6 is 0 Å². The van der Waals surface area contributed by atoms with Crippen molar-refractivity contribution in [2.45, 2.75) is 136 Å². The molecule has 46 heavy (non-hydrogen) atoms. The van der Waals surface area contributed by atoms with E-state index in [4.69, 9.17) is 4.74 Å². The number of hydrogen-bond acceptors (Lipinski definition) is 7. The van der Waals surface area contributed by atoms with E-state index in [2.05, 4.69) is 48.1 Å². The van der Waals surface area contributed by atoms with Crippen LogP contribution in [0.3, 0.4) is 0 Å². The maximum atomic E-state index is 14.1. The topological polar surface area (TPSA) is 162 Å². The quantitative estimate of drug-likeness (QED) is 0.264. The van der Waals surface area contributed by atoms with Crippen molar-refractivity contribution in [3.05, 3.63) is 12.2 Å². The summed E-state index contributed by atoms with van der Waals surface area (Å²) in [5.74, 6) is -1.73. The number of carbonyl (C=O) groups is 3. The maximum absolute atomic E-state index is 14.1. The molecule has 6 fully saturated rings. The van der Waals surface area contributed by atoms with E-state index in [9.17, 15) is 39.9 Å². The number of rotatable bonds is 5. The molecule has 0 bridgehead atoms. The third-order valence-electron chi connectivity index (χ3n) is 16.0. The van der Waals surface area contributed by atoms with E-state index >= 15 is 0 Å². The van der Waals surface area contributed by atoms with Crippen LogP contribution in [0.2, 0.25) is 0 Å². The van der Waals surface area contributed by atoms with Gasteiger partial charge in [-0.3, -0.25) is 9.59 Å². The van der Waals surface area contributed by atoms with Gasteiger partial charge in [0.05, 0.1) is 5.41 Å². The molecule has 1 aliphatic heterocycles. The number of ketones is 1. The van der Waals surface area contributed by atoms with Crippen LogP contribution in [0.25, 0.3) is 0 Å². The van der Waals surface area contributed by atoms with Crippen molar-refractivity contribution in [3.8, 4) is 0 Å². The van der Waals surface area contributed by atoms with Crippen LogP contribution in [0.15, 0.2) is 12.2 Å². The van der Waals surface area contributed by atoms with E-state index in [1.54, 1.807) is 0 Å². The zero-order valence-electron chi connectivity index (χ0n) is 28.5. The maximum Gasteiger partial charge on any atom is 0.335 e. The number of fused-ring (bicyclic) bond motifs is 7. The van der Waals surface area contributed by atoms with Crippen molar-refractivity contribution in [1.82, 2.24) is 0 Å². The lowest BCUT2D eigenvalue weighted by Crippen LogP contribution is -2.67. The monoisotopic (exact) mass is 644 g/mol. The fraction of sp³-hybridized carbons (Fsp3) is 0.865. The summed E-state index contributed by atoms with van der Waals surface area (Å²) in [7, 11) is 0. The van der Waals surface area contributed by atoms with Crippen molar-refractivity contribution in [3.63, 3.8) is 0 Å². The summed E-state index contributed by atoms with van der Waals surface area (Å²) < 4.78 is 5.51. The number of aliphatic carboxylic acids is 2. The molecule has 0 aromatic carbocycles. The molecule has 0 aromatic heterocycles. The predicted octanol–water partition coefficient (Wildman–Crippen LogP) is 4.85. The average molecular weight is 645 g/mol. The largest absolute Gasteiger partial charge is 0.481 e. The molecular formula is C37H56O9. The molecular weight excluding hydrogens is 588 g/mol. The molecule has 5 N–H and O–H groups in total. The van der Waals surface area contributed by atoms with E-state index in [0.717, 1.165) is 63.4 Å². The summed E-state index contributed by atoms with van der Waals surface area (Å²) in [5, 5.41) is 51.6. The number of ether oxygens (including phenoxy) is 1. The lowest BCUT2D eigenvalue weighted by atomic mass is 9.31. The molecule has 6 aliphatic rings. The van der Waals surface area contributed by atoms with E-state index in [1.807, 2.05) is 0 Å². The van der Waals surface area contributed by atoms with Gasteiger partial charge in [0.25, 0.3) is 0 Å². The van der Waals surface area contributed by atoms with E-state index in [-0.39, 0.29) is 34.0 Å². The Labute approximate surface area is 273 Å². The molecule has 5 aliphatic carbocycles. The molecule has 0 amide bonds. The highest BCUT2D eigenvalue weighted by Crippen LogP contribution is 2.78. The number of allylic oxidation sites excluding steroid dienone is 1. The van der Waals surface area contributed by atoms with Gasteiger partial charge in [-0.05, 0) is 122 Å². The number of hydrogen-bond donors (Lipinski definition) is 5. The Balaban J connectivity index is 1.29.